The molecule has 2 aromatic carbocycles. The number of anilines is 1. The van der Waals surface area contributed by atoms with E-state index in [0.29, 0.717) is 11.6 Å². The summed E-state index contributed by atoms with van der Waals surface area (Å²) in [5.74, 6) is -0.218. The number of carbonyl (C=O) groups is 1. The Kier molecular flexibility index (Phi) is 5.13. The van der Waals surface area contributed by atoms with Gasteiger partial charge in [0.25, 0.3) is 0 Å². The zero-order valence-corrected chi connectivity index (χ0v) is 15.4. The van der Waals surface area contributed by atoms with Crippen LogP contribution in [0.15, 0.2) is 48.5 Å². The Hall–Kier alpha value is -1.89. The van der Waals surface area contributed by atoms with E-state index in [0.717, 1.165) is 29.5 Å². The Morgan fingerprint density at radius 2 is 1.84 bits per heavy atom. The second kappa shape index (κ2) is 7.15. The van der Waals surface area contributed by atoms with Crippen molar-refractivity contribution in [3.05, 3.63) is 64.7 Å². The smallest absolute Gasteiger partial charge is 0.242 e. The van der Waals surface area contributed by atoms with Crippen LogP contribution in [0.25, 0.3) is 0 Å². The fourth-order valence-electron chi connectivity index (χ4n) is 2.92. The maximum Gasteiger partial charge on any atom is 0.242 e. The maximum atomic E-state index is 12.7. The van der Waals surface area contributed by atoms with Crippen molar-refractivity contribution < 1.29 is 13.2 Å². The molecule has 1 heterocycles. The van der Waals surface area contributed by atoms with Gasteiger partial charge in [0.2, 0.25) is 15.9 Å². The van der Waals surface area contributed by atoms with Gasteiger partial charge in [-0.2, -0.15) is 4.31 Å². The number of amides is 1. The summed E-state index contributed by atoms with van der Waals surface area (Å²) in [5, 5.41) is 0.583. The van der Waals surface area contributed by atoms with Gasteiger partial charge in [-0.1, -0.05) is 41.9 Å². The molecule has 5 nitrogen and oxygen atoms in total. The van der Waals surface area contributed by atoms with E-state index in [1.807, 2.05) is 24.3 Å². The Morgan fingerprint density at radius 3 is 2.52 bits per heavy atom. The van der Waals surface area contributed by atoms with Crippen LogP contribution in [0, 0.1) is 0 Å². The molecule has 25 heavy (non-hydrogen) atoms. The summed E-state index contributed by atoms with van der Waals surface area (Å²) in [6.45, 7) is 0.531. The van der Waals surface area contributed by atoms with Crippen LogP contribution in [-0.2, 0) is 27.8 Å². The normalized spacial score (nSPS) is 14.0. The molecule has 0 unspecified atom stereocenters. The first-order valence-electron chi connectivity index (χ1n) is 7.92. The number of hydrogen-bond donors (Lipinski definition) is 0. The van der Waals surface area contributed by atoms with Crippen molar-refractivity contribution in [2.45, 2.75) is 13.0 Å². The minimum Gasteiger partial charge on any atom is -0.311 e. The van der Waals surface area contributed by atoms with Gasteiger partial charge in [0.1, 0.15) is 0 Å². The second-order valence-electron chi connectivity index (χ2n) is 6.08. The topological polar surface area (TPSA) is 57.7 Å². The lowest BCUT2D eigenvalue weighted by Crippen LogP contribution is -2.41. The third-order valence-corrected chi connectivity index (χ3v) is 5.69. The largest absolute Gasteiger partial charge is 0.311 e. The van der Waals surface area contributed by atoms with E-state index in [1.54, 1.807) is 29.2 Å². The molecule has 0 bridgehead atoms. The molecule has 0 aromatic heterocycles. The lowest BCUT2D eigenvalue weighted by atomic mass is 10.2. The first-order valence-corrected chi connectivity index (χ1v) is 10.1. The van der Waals surface area contributed by atoms with Gasteiger partial charge in [-0.15, -0.1) is 0 Å². The number of sulfonamides is 1. The van der Waals surface area contributed by atoms with Crippen molar-refractivity contribution in [3.8, 4) is 0 Å². The molecule has 0 N–H and O–H groups in total. The molecule has 0 fully saturated rings. The third kappa shape index (κ3) is 4.21. The van der Waals surface area contributed by atoms with Crippen LogP contribution < -0.4 is 4.90 Å². The van der Waals surface area contributed by atoms with Gasteiger partial charge < -0.3 is 4.90 Å². The summed E-state index contributed by atoms with van der Waals surface area (Å²) < 4.78 is 25.4. The predicted molar refractivity (Wildman–Crippen MR) is 99.2 cm³/mol. The third-order valence-electron chi connectivity index (χ3n) is 4.24. The Bertz CT molecular complexity index is 881. The molecule has 0 aliphatic carbocycles. The lowest BCUT2D eigenvalue weighted by molar-refractivity contribution is -0.118. The quantitative estimate of drug-likeness (QED) is 0.803. The van der Waals surface area contributed by atoms with Crippen LogP contribution in [0.2, 0.25) is 5.02 Å². The molecule has 3 rings (SSSR count). The van der Waals surface area contributed by atoms with Crippen LogP contribution in [0.4, 0.5) is 5.69 Å². The van der Waals surface area contributed by atoms with Gasteiger partial charge in [-0.3, -0.25) is 4.79 Å². The summed E-state index contributed by atoms with van der Waals surface area (Å²) in [6.07, 6.45) is 1.91. The number of para-hydroxylation sites is 1. The standard InChI is InChI=1S/C18H19ClN2O3S/c1-25(23,24)20(12-14-6-8-16(19)9-7-14)13-18(22)21-11-10-15-4-2-3-5-17(15)21/h2-9H,10-13H2,1H3. The number of fused-ring (bicyclic) bond motifs is 1. The van der Waals surface area contributed by atoms with Gasteiger partial charge in [0, 0.05) is 23.8 Å². The maximum absolute atomic E-state index is 12.7. The van der Waals surface area contributed by atoms with E-state index >= 15 is 0 Å². The van der Waals surface area contributed by atoms with E-state index in [9.17, 15) is 13.2 Å². The number of halogens is 1. The van der Waals surface area contributed by atoms with Gasteiger partial charge in [-0.25, -0.2) is 8.42 Å². The zero-order chi connectivity index (χ0) is 18.0. The number of hydrogen-bond acceptors (Lipinski definition) is 3. The van der Waals surface area contributed by atoms with Crippen molar-refractivity contribution in [1.82, 2.24) is 4.31 Å². The highest BCUT2D eigenvalue weighted by Gasteiger charge is 2.28. The number of nitrogens with zero attached hydrogens (tertiary/aromatic N) is 2. The summed E-state index contributed by atoms with van der Waals surface area (Å²) >= 11 is 5.86. The molecule has 0 radical (unpaired) electrons. The molecule has 1 aliphatic heterocycles. The summed E-state index contributed by atoms with van der Waals surface area (Å²) in [5.41, 5.74) is 2.76. The van der Waals surface area contributed by atoms with Gasteiger partial charge in [-0.05, 0) is 35.7 Å². The fraction of sp³-hybridized carbons (Fsp3) is 0.278. The summed E-state index contributed by atoms with van der Waals surface area (Å²) in [4.78, 5) is 14.4. The summed E-state index contributed by atoms with van der Waals surface area (Å²) in [6, 6.07) is 14.6. The van der Waals surface area contributed by atoms with Crippen LogP contribution in [0.5, 0.6) is 0 Å². The Balaban J connectivity index is 1.77. The van der Waals surface area contributed by atoms with Crippen molar-refractivity contribution in [2.75, 3.05) is 24.2 Å². The van der Waals surface area contributed by atoms with Gasteiger partial charge in [0.15, 0.2) is 0 Å². The van der Waals surface area contributed by atoms with Crippen molar-refractivity contribution >= 4 is 33.2 Å². The highest BCUT2D eigenvalue weighted by Crippen LogP contribution is 2.27. The molecule has 0 atom stereocenters. The average Bonchev–Trinajstić information content (AvgIpc) is 2.99. The van der Waals surface area contributed by atoms with Crippen molar-refractivity contribution in [1.29, 1.82) is 0 Å². The zero-order valence-electron chi connectivity index (χ0n) is 13.9. The number of benzene rings is 2. The van der Waals surface area contributed by atoms with Crippen LogP contribution in [0.1, 0.15) is 11.1 Å². The SMILES string of the molecule is CS(=O)(=O)N(CC(=O)N1CCc2ccccc21)Cc1ccc(Cl)cc1. The van der Waals surface area contributed by atoms with Crippen molar-refractivity contribution in [3.63, 3.8) is 0 Å². The van der Waals surface area contributed by atoms with Crippen LogP contribution in [-0.4, -0.2) is 38.0 Å². The Labute approximate surface area is 152 Å². The summed E-state index contributed by atoms with van der Waals surface area (Å²) in [7, 11) is -3.52. The molecular formula is C18H19ClN2O3S. The monoisotopic (exact) mass is 378 g/mol. The number of rotatable bonds is 5. The average molecular weight is 379 g/mol. The van der Waals surface area contributed by atoms with Crippen molar-refractivity contribution in [2.24, 2.45) is 0 Å². The second-order valence-corrected chi connectivity index (χ2v) is 8.50. The molecule has 132 valence electrons. The predicted octanol–water partition coefficient (Wildman–Crippen LogP) is 2.69. The fourth-order valence-corrected chi connectivity index (χ4v) is 3.77. The molecule has 0 saturated carbocycles. The van der Waals surface area contributed by atoms with E-state index in [-0.39, 0.29) is 19.0 Å². The first kappa shape index (κ1) is 17.9. The molecule has 0 spiro atoms. The number of carbonyl (C=O) groups excluding carboxylic acids is 1. The van der Waals surface area contributed by atoms with E-state index in [1.165, 1.54) is 4.31 Å². The van der Waals surface area contributed by atoms with E-state index < -0.39 is 10.0 Å². The molecule has 1 aliphatic rings. The molecular weight excluding hydrogens is 360 g/mol. The minimum absolute atomic E-state index is 0.136. The molecule has 2 aromatic rings. The van der Waals surface area contributed by atoms with Gasteiger partial charge >= 0.3 is 0 Å². The first-order chi connectivity index (χ1) is 11.8. The van der Waals surface area contributed by atoms with E-state index in [2.05, 4.69) is 0 Å². The van der Waals surface area contributed by atoms with E-state index in [4.69, 9.17) is 11.6 Å². The Morgan fingerprint density at radius 1 is 1.16 bits per heavy atom. The molecule has 7 heteroatoms. The highest BCUT2D eigenvalue weighted by molar-refractivity contribution is 7.88. The van der Waals surface area contributed by atoms with Crippen LogP contribution >= 0.6 is 11.6 Å². The van der Waals surface area contributed by atoms with Gasteiger partial charge in [0.05, 0.1) is 12.8 Å². The molecule has 1 amide bonds. The minimum atomic E-state index is -3.52. The molecule has 0 saturated heterocycles. The van der Waals surface area contributed by atoms with Crippen LogP contribution in [0.3, 0.4) is 0 Å². The highest BCUT2D eigenvalue weighted by atomic mass is 35.5. The lowest BCUT2D eigenvalue weighted by Gasteiger charge is -2.24.